The third-order valence-electron chi connectivity index (χ3n) is 5.65. The molecule has 186 valence electrons. The molecule has 0 aliphatic rings. The van der Waals surface area contributed by atoms with Crippen LogP contribution in [-0.4, -0.2) is 28.8 Å². The minimum Gasteiger partial charge on any atom is -0.494 e. The Hall–Kier alpha value is -3.84. The first-order valence-corrected chi connectivity index (χ1v) is 12.3. The third-order valence-corrected chi connectivity index (χ3v) is 5.96. The van der Waals surface area contributed by atoms with Gasteiger partial charge in [0.2, 0.25) is 5.88 Å². The molecule has 4 rings (SSSR count). The van der Waals surface area contributed by atoms with Gasteiger partial charge < -0.3 is 19.1 Å². The number of halogens is 1. The van der Waals surface area contributed by atoms with Crippen molar-refractivity contribution in [3.63, 3.8) is 0 Å². The van der Waals surface area contributed by atoms with Gasteiger partial charge in [0.15, 0.2) is 12.3 Å². The Labute approximate surface area is 214 Å². The van der Waals surface area contributed by atoms with Gasteiger partial charge in [0, 0.05) is 5.39 Å². The van der Waals surface area contributed by atoms with Gasteiger partial charge in [-0.25, -0.2) is 0 Å². The van der Waals surface area contributed by atoms with Crippen LogP contribution in [0.2, 0.25) is 5.02 Å². The molecule has 1 amide bonds. The van der Waals surface area contributed by atoms with E-state index in [2.05, 4.69) is 17.2 Å². The van der Waals surface area contributed by atoms with E-state index in [9.17, 15) is 9.90 Å². The summed E-state index contributed by atoms with van der Waals surface area (Å²) in [6.45, 7) is 2.96. The maximum Gasteiger partial charge on any atom is 0.302 e. The summed E-state index contributed by atoms with van der Waals surface area (Å²) in [5.41, 5.74) is 2.00. The fraction of sp³-hybridized carbons (Fsp3) is 0.250. The van der Waals surface area contributed by atoms with Crippen LogP contribution >= 0.6 is 11.6 Å². The first-order chi connectivity index (χ1) is 17.6. The average Bonchev–Trinajstić information content (AvgIpc) is 3.16. The molecule has 0 aliphatic heterocycles. The Bertz CT molecular complexity index is 1350. The molecule has 0 aliphatic carbocycles. The molecule has 36 heavy (non-hydrogen) atoms. The summed E-state index contributed by atoms with van der Waals surface area (Å²) in [6, 6.07) is 22.1. The highest BCUT2D eigenvalue weighted by atomic mass is 35.5. The van der Waals surface area contributed by atoms with Crippen LogP contribution in [0.5, 0.6) is 17.4 Å². The zero-order chi connectivity index (χ0) is 25.3. The average molecular weight is 506 g/mol. The Morgan fingerprint density at radius 3 is 2.50 bits per heavy atom. The number of ether oxygens (including phenoxy) is 2. The molecule has 7 nitrogen and oxygen atoms in total. The van der Waals surface area contributed by atoms with Crippen molar-refractivity contribution >= 4 is 34.1 Å². The van der Waals surface area contributed by atoms with Crippen molar-refractivity contribution in [3.8, 4) is 17.4 Å². The van der Waals surface area contributed by atoms with Gasteiger partial charge in [-0.15, -0.1) is 10.2 Å². The zero-order valence-electron chi connectivity index (χ0n) is 20.1. The number of aromatic nitrogens is 1. The van der Waals surface area contributed by atoms with Gasteiger partial charge in [-0.1, -0.05) is 73.8 Å². The van der Waals surface area contributed by atoms with E-state index < -0.39 is 5.91 Å². The summed E-state index contributed by atoms with van der Waals surface area (Å²) < 4.78 is 13.0. The summed E-state index contributed by atoms with van der Waals surface area (Å²) in [7, 11) is 0. The maximum absolute atomic E-state index is 12.3. The highest BCUT2D eigenvalue weighted by Crippen LogP contribution is 2.39. The van der Waals surface area contributed by atoms with Crippen LogP contribution in [0.1, 0.15) is 31.7 Å². The molecule has 4 aromatic rings. The fourth-order valence-electron chi connectivity index (χ4n) is 3.78. The minimum atomic E-state index is -0.597. The van der Waals surface area contributed by atoms with E-state index in [4.69, 9.17) is 21.1 Å². The number of nitrogens with zero attached hydrogens (tertiary/aromatic N) is 3. The van der Waals surface area contributed by atoms with Crippen molar-refractivity contribution in [2.75, 3.05) is 13.2 Å². The molecule has 3 aromatic carbocycles. The summed E-state index contributed by atoms with van der Waals surface area (Å²) in [5, 5.41) is 19.9. The lowest BCUT2D eigenvalue weighted by Crippen LogP contribution is -2.08. The number of benzene rings is 3. The number of aromatic hydroxyl groups is 1. The van der Waals surface area contributed by atoms with E-state index in [0.717, 1.165) is 36.1 Å². The molecular formula is C28H28ClN3O4. The van der Waals surface area contributed by atoms with Gasteiger partial charge in [0.05, 0.1) is 23.7 Å². The first kappa shape index (κ1) is 25.3. The van der Waals surface area contributed by atoms with Crippen LogP contribution in [-0.2, 0) is 11.3 Å². The van der Waals surface area contributed by atoms with Gasteiger partial charge >= 0.3 is 5.91 Å². The van der Waals surface area contributed by atoms with Gasteiger partial charge in [0.25, 0.3) is 0 Å². The normalized spacial score (nSPS) is 11.3. The Morgan fingerprint density at radius 1 is 0.972 bits per heavy atom. The predicted molar refractivity (Wildman–Crippen MR) is 141 cm³/mol. The van der Waals surface area contributed by atoms with Gasteiger partial charge in [-0.3, -0.25) is 4.79 Å². The maximum atomic E-state index is 12.3. The summed E-state index contributed by atoms with van der Waals surface area (Å²) in [6.07, 6.45) is 3.34. The number of carbonyl (C=O) groups is 1. The Balaban J connectivity index is 1.48. The number of amides is 1. The van der Waals surface area contributed by atoms with E-state index in [1.165, 1.54) is 0 Å². The first-order valence-electron chi connectivity index (χ1n) is 11.9. The number of hydrogen-bond acceptors (Lipinski definition) is 5. The van der Waals surface area contributed by atoms with E-state index in [1.807, 2.05) is 48.5 Å². The Morgan fingerprint density at radius 2 is 1.72 bits per heavy atom. The second-order valence-corrected chi connectivity index (χ2v) is 8.70. The molecule has 0 bridgehead atoms. The molecule has 0 saturated carbocycles. The predicted octanol–water partition coefficient (Wildman–Crippen LogP) is 7.31. The van der Waals surface area contributed by atoms with Crippen LogP contribution in [0.4, 0.5) is 5.69 Å². The number of rotatable bonds is 11. The van der Waals surface area contributed by atoms with Crippen LogP contribution in [0.25, 0.3) is 10.9 Å². The molecule has 0 fully saturated rings. The molecule has 8 heteroatoms. The molecule has 1 N–H and O–H groups in total. The standard InChI is InChI=1S/C28H28ClN3O4/c1-2-3-8-17-35-21-15-13-20(14-16-21)18-32-24-11-6-4-9-22(24)27(28(32)34)31-30-26(33)19-36-25-12-7-5-10-23(25)29/h4-7,9-16,34H,2-3,8,17-19H2,1H3. The number of carbonyl (C=O) groups excluding carboxylic acids is 1. The molecule has 0 unspecified atom stereocenters. The van der Waals surface area contributed by atoms with Crippen LogP contribution in [0.15, 0.2) is 83.0 Å². The molecule has 0 saturated heterocycles. The number of fused-ring (bicyclic) bond motifs is 1. The zero-order valence-corrected chi connectivity index (χ0v) is 20.8. The summed E-state index contributed by atoms with van der Waals surface area (Å²) in [5.74, 6) is 0.545. The molecule has 0 atom stereocenters. The van der Waals surface area contributed by atoms with E-state index >= 15 is 0 Å². The SMILES string of the molecule is CCCCCOc1ccc(Cn2c(O)c(N=NC(=O)COc3ccccc3Cl)c3ccccc32)cc1. The van der Waals surface area contributed by atoms with E-state index in [-0.39, 0.29) is 18.2 Å². The highest BCUT2D eigenvalue weighted by molar-refractivity contribution is 6.32. The molecule has 0 spiro atoms. The lowest BCUT2D eigenvalue weighted by atomic mass is 10.2. The van der Waals surface area contributed by atoms with Crippen LogP contribution in [0.3, 0.4) is 0 Å². The van der Waals surface area contributed by atoms with Crippen molar-refractivity contribution in [1.29, 1.82) is 0 Å². The molecule has 0 radical (unpaired) electrons. The van der Waals surface area contributed by atoms with E-state index in [1.54, 1.807) is 28.8 Å². The van der Waals surface area contributed by atoms with E-state index in [0.29, 0.717) is 29.3 Å². The van der Waals surface area contributed by atoms with Gasteiger partial charge in [-0.2, -0.15) is 0 Å². The molecular weight excluding hydrogens is 478 g/mol. The summed E-state index contributed by atoms with van der Waals surface area (Å²) >= 11 is 6.05. The number of unbranched alkanes of at least 4 members (excludes halogenated alkanes) is 2. The van der Waals surface area contributed by atoms with Crippen molar-refractivity contribution in [1.82, 2.24) is 4.57 Å². The number of para-hydroxylation sites is 2. The fourth-order valence-corrected chi connectivity index (χ4v) is 3.97. The monoisotopic (exact) mass is 505 g/mol. The largest absolute Gasteiger partial charge is 0.494 e. The van der Waals surface area contributed by atoms with Crippen LogP contribution < -0.4 is 9.47 Å². The topological polar surface area (TPSA) is 85.4 Å². The highest BCUT2D eigenvalue weighted by Gasteiger charge is 2.17. The smallest absolute Gasteiger partial charge is 0.302 e. The van der Waals surface area contributed by atoms with Crippen molar-refractivity contribution in [2.45, 2.75) is 32.7 Å². The lowest BCUT2D eigenvalue weighted by Gasteiger charge is -2.09. The quantitative estimate of drug-likeness (QED) is 0.171. The number of hydrogen-bond donors (Lipinski definition) is 1. The second kappa shape index (κ2) is 12.2. The van der Waals surface area contributed by atoms with Crippen molar-refractivity contribution in [2.24, 2.45) is 10.2 Å². The molecule has 1 aromatic heterocycles. The summed E-state index contributed by atoms with van der Waals surface area (Å²) in [4.78, 5) is 12.3. The van der Waals surface area contributed by atoms with Crippen molar-refractivity contribution in [3.05, 3.63) is 83.4 Å². The lowest BCUT2D eigenvalue weighted by molar-refractivity contribution is -0.120. The van der Waals surface area contributed by atoms with Crippen molar-refractivity contribution < 1.29 is 19.4 Å². The Kier molecular flexibility index (Phi) is 8.57. The number of azo groups is 1. The third kappa shape index (κ3) is 6.23. The van der Waals surface area contributed by atoms with Gasteiger partial charge in [0.1, 0.15) is 11.5 Å². The minimum absolute atomic E-state index is 0.0698. The van der Waals surface area contributed by atoms with Crippen LogP contribution in [0, 0.1) is 0 Å². The second-order valence-electron chi connectivity index (χ2n) is 8.29. The molecule has 1 heterocycles. The van der Waals surface area contributed by atoms with Gasteiger partial charge in [-0.05, 0) is 42.3 Å².